The van der Waals surface area contributed by atoms with Crippen LogP contribution in [0.1, 0.15) is 67.8 Å². The maximum absolute atomic E-state index is 12.6. The van der Waals surface area contributed by atoms with Crippen LogP contribution in [0.4, 0.5) is 0 Å². The summed E-state index contributed by atoms with van der Waals surface area (Å²) in [5, 5.41) is 10.6. The van der Waals surface area contributed by atoms with Gasteiger partial charge in [0.15, 0.2) is 0 Å². The molecule has 2 saturated carbocycles. The van der Waals surface area contributed by atoms with E-state index in [1.165, 1.54) is 25.7 Å². The van der Waals surface area contributed by atoms with Crippen molar-refractivity contribution in [2.45, 2.75) is 57.3 Å². The van der Waals surface area contributed by atoms with Crippen molar-refractivity contribution in [2.75, 3.05) is 0 Å². The minimum Gasteiger partial charge on any atom is -0.507 e. The van der Waals surface area contributed by atoms with Gasteiger partial charge in [-0.3, -0.25) is 0 Å². The van der Waals surface area contributed by atoms with E-state index in [9.17, 15) is 9.90 Å². The van der Waals surface area contributed by atoms with E-state index in [0.717, 1.165) is 37.2 Å². The molecule has 1 N–H and O–H groups in total. The first kappa shape index (κ1) is 16.4. The summed E-state index contributed by atoms with van der Waals surface area (Å²) in [6.45, 7) is 0. The van der Waals surface area contributed by atoms with Gasteiger partial charge in [0.2, 0.25) is 0 Å². The molecule has 0 radical (unpaired) electrons. The maximum atomic E-state index is 12.6. The summed E-state index contributed by atoms with van der Waals surface area (Å²) >= 11 is 0. The molecule has 2 aliphatic rings. The zero-order chi connectivity index (χ0) is 17.2. The third-order valence-corrected chi connectivity index (χ3v) is 5.56. The normalized spacial score (nSPS) is 18.2. The van der Waals surface area contributed by atoms with Crippen LogP contribution >= 0.6 is 0 Å². The predicted octanol–water partition coefficient (Wildman–Crippen LogP) is 5.01. The summed E-state index contributed by atoms with van der Waals surface area (Å²) in [6.07, 6.45) is 9.16. The number of benzene rings is 1. The Kier molecular flexibility index (Phi) is 4.65. The van der Waals surface area contributed by atoms with Crippen LogP contribution in [0.5, 0.6) is 5.75 Å². The van der Waals surface area contributed by atoms with Crippen LogP contribution in [0.2, 0.25) is 0 Å². The Morgan fingerprint density at radius 1 is 1.08 bits per heavy atom. The average molecular weight is 338 g/mol. The lowest BCUT2D eigenvalue weighted by Crippen LogP contribution is -2.16. The lowest BCUT2D eigenvalue weighted by Gasteiger charge is -2.17. The fourth-order valence-corrected chi connectivity index (χ4v) is 3.85. The van der Waals surface area contributed by atoms with E-state index in [0.29, 0.717) is 17.2 Å². The van der Waals surface area contributed by atoms with E-state index < -0.39 is 0 Å². The molecule has 0 bridgehead atoms. The molecule has 2 aliphatic carbocycles. The quantitative estimate of drug-likeness (QED) is 0.688. The van der Waals surface area contributed by atoms with E-state index in [-0.39, 0.29) is 17.3 Å². The van der Waals surface area contributed by atoms with Gasteiger partial charge in [0, 0.05) is 18.4 Å². The standard InChI is InChI=1S/C22H26O3/c23-19-14-18(9-5-4-6-15-10-11-15)25-22(24)21(19)20(17-12-13-17)16-7-2-1-3-8-16/h1-3,7-8,14-15,17,20,23H,4-6,9-13H2. The van der Waals surface area contributed by atoms with Gasteiger partial charge >= 0.3 is 5.63 Å². The zero-order valence-corrected chi connectivity index (χ0v) is 14.6. The van der Waals surface area contributed by atoms with Gasteiger partial charge in [-0.05, 0) is 36.7 Å². The lowest BCUT2D eigenvalue weighted by atomic mass is 9.87. The molecule has 4 rings (SSSR count). The molecular weight excluding hydrogens is 312 g/mol. The predicted molar refractivity (Wildman–Crippen MR) is 97.9 cm³/mol. The summed E-state index contributed by atoms with van der Waals surface area (Å²) in [5.41, 5.74) is 1.16. The van der Waals surface area contributed by atoms with Crippen molar-refractivity contribution >= 4 is 0 Å². The van der Waals surface area contributed by atoms with Crippen molar-refractivity contribution < 1.29 is 9.52 Å². The van der Waals surface area contributed by atoms with Gasteiger partial charge in [-0.2, -0.15) is 0 Å². The highest BCUT2D eigenvalue weighted by Gasteiger charge is 2.37. The summed E-state index contributed by atoms with van der Waals surface area (Å²) < 4.78 is 5.58. The topological polar surface area (TPSA) is 50.4 Å². The van der Waals surface area contributed by atoms with Crippen LogP contribution in [0.25, 0.3) is 0 Å². The third-order valence-electron chi connectivity index (χ3n) is 5.56. The third kappa shape index (κ3) is 3.97. The first-order chi connectivity index (χ1) is 12.2. The van der Waals surface area contributed by atoms with Gasteiger partial charge in [-0.1, -0.05) is 56.0 Å². The molecule has 0 amide bonds. The molecule has 3 nitrogen and oxygen atoms in total. The summed E-state index contributed by atoms with van der Waals surface area (Å²) in [5.74, 6) is 2.04. The van der Waals surface area contributed by atoms with Gasteiger partial charge in [-0.15, -0.1) is 0 Å². The molecule has 2 aromatic rings. The Balaban J connectivity index is 1.53. The molecule has 1 atom stereocenters. The molecule has 3 heteroatoms. The number of rotatable bonds is 8. The largest absolute Gasteiger partial charge is 0.507 e. The van der Waals surface area contributed by atoms with Gasteiger partial charge in [-0.25, -0.2) is 4.79 Å². The number of hydrogen-bond acceptors (Lipinski definition) is 3. The Labute approximate surface area is 148 Å². The second-order valence-electron chi connectivity index (χ2n) is 7.71. The highest BCUT2D eigenvalue weighted by atomic mass is 16.4. The van der Waals surface area contributed by atoms with Crippen LogP contribution in [0, 0.1) is 11.8 Å². The van der Waals surface area contributed by atoms with Crippen LogP contribution in [-0.2, 0) is 6.42 Å². The van der Waals surface area contributed by atoms with Gasteiger partial charge in [0.05, 0.1) is 5.56 Å². The van der Waals surface area contributed by atoms with Crippen molar-refractivity contribution in [2.24, 2.45) is 11.8 Å². The van der Waals surface area contributed by atoms with E-state index in [4.69, 9.17) is 4.42 Å². The molecule has 1 heterocycles. The molecule has 0 saturated heterocycles. The highest BCUT2D eigenvalue weighted by molar-refractivity contribution is 5.41. The van der Waals surface area contributed by atoms with Crippen LogP contribution in [0.3, 0.4) is 0 Å². The summed E-state index contributed by atoms with van der Waals surface area (Å²) in [7, 11) is 0. The van der Waals surface area contributed by atoms with Crippen LogP contribution in [-0.4, -0.2) is 5.11 Å². The van der Waals surface area contributed by atoms with Crippen molar-refractivity contribution in [3.05, 3.63) is 63.7 Å². The fourth-order valence-electron chi connectivity index (χ4n) is 3.85. The maximum Gasteiger partial charge on any atom is 0.343 e. The van der Waals surface area contributed by atoms with E-state index >= 15 is 0 Å². The number of hydrogen-bond donors (Lipinski definition) is 1. The first-order valence-corrected chi connectivity index (χ1v) is 9.63. The smallest absolute Gasteiger partial charge is 0.343 e. The molecule has 2 fully saturated rings. The zero-order valence-electron chi connectivity index (χ0n) is 14.6. The second-order valence-corrected chi connectivity index (χ2v) is 7.71. The molecule has 0 spiro atoms. The SMILES string of the molecule is O=c1oc(CCCCC2CC2)cc(O)c1C(c1ccccc1)C1CC1. The molecule has 0 aliphatic heterocycles. The van der Waals surface area contributed by atoms with Gasteiger partial charge < -0.3 is 9.52 Å². The average Bonchev–Trinajstić information content (AvgIpc) is 3.50. The Hall–Kier alpha value is -2.03. The van der Waals surface area contributed by atoms with E-state index in [2.05, 4.69) is 0 Å². The van der Waals surface area contributed by atoms with Crippen molar-refractivity contribution in [1.82, 2.24) is 0 Å². The number of aromatic hydroxyl groups is 1. The minimum atomic E-state index is -0.363. The Bertz CT molecular complexity index is 770. The second kappa shape index (κ2) is 7.07. The lowest BCUT2D eigenvalue weighted by molar-refractivity contribution is 0.399. The molecule has 1 unspecified atom stereocenters. The molecular formula is C22H26O3. The highest BCUT2D eigenvalue weighted by Crippen LogP contribution is 2.47. The Morgan fingerprint density at radius 2 is 1.84 bits per heavy atom. The van der Waals surface area contributed by atoms with Gasteiger partial charge in [0.25, 0.3) is 0 Å². The first-order valence-electron chi connectivity index (χ1n) is 9.63. The molecule has 1 aromatic heterocycles. The Morgan fingerprint density at radius 3 is 2.48 bits per heavy atom. The number of aryl methyl sites for hydroxylation is 1. The van der Waals surface area contributed by atoms with E-state index in [1.807, 2.05) is 30.3 Å². The number of unbranched alkanes of at least 4 members (excludes halogenated alkanes) is 1. The van der Waals surface area contributed by atoms with Crippen molar-refractivity contribution in [3.63, 3.8) is 0 Å². The fraction of sp³-hybridized carbons (Fsp3) is 0.500. The molecule has 132 valence electrons. The van der Waals surface area contributed by atoms with Crippen LogP contribution < -0.4 is 5.63 Å². The summed E-state index contributed by atoms with van der Waals surface area (Å²) in [4.78, 5) is 12.6. The van der Waals surface area contributed by atoms with Crippen LogP contribution in [0.15, 0.2) is 45.6 Å². The monoisotopic (exact) mass is 338 g/mol. The summed E-state index contributed by atoms with van der Waals surface area (Å²) in [6, 6.07) is 11.7. The van der Waals surface area contributed by atoms with Crippen molar-refractivity contribution in [1.29, 1.82) is 0 Å². The molecule has 1 aromatic carbocycles. The van der Waals surface area contributed by atoms with E-state index in [1.54, 1.807) is 6.07 Å². The molecule has 25 heavy (non-hydrogen) atoms. The van der Waals surface area contributed by atoms with Crippen molar-refractivity contribution in [3.8, 4) is 5.75 Å². The van der Waals surface area contributed by atoms with Gasteiger partial charge in [0.1, 0.15) is 11.5 Å². The minimum absolute atomic E-state index is 0.0543.